The summed E-state index contributed by atoms with van der Waals surface area (Å²) >= 11 is 0. The number of nitrogens with zero attached hydrogens (tertiary/aromatic N) is 1. The Morgan fingerprint density at radius 2 is 1.75 bits per heavy atom. The lowest BCUT2D eigenvalue weighted by Gasteiger charge is -2.31. The van der Waals surface area contributed by atoms with E-state index in [1.807, 2.05) is 0 Å². The van der Waals surface area contributed by atoms with Crippen LogP contribution < -0.4 is 4.90 Å². The van der Waals surface area contributed by atoms with E-state index in [4.69, 9.17) is 0 Å². The summed E-state index contributed by atoms with van der Waals surface area (Å²) in [5, 5.41) is 9.87. The van der Waals surface area contributed by atoms with Gasteiger partial charge in [0.05, 0.1) is 4.90 Å². The lowest BCUT2D eigenvalue weighted by molar-refractivity contribution is -0.143. The van der Waals surface area contributed by atoms with Gasteiger partial charge in [0.25, 0.3) is 0 Å². The van der Waals surface area contributed by atoms with Crippen molar-refractivity contribution < 1.29 is 32.2 Å². The van der Waals surface area contributed by atoms with E-state index in [2.05, 4.69) is 0 Å². The number of piperidine rings is 1. The Hall–Kier alpha value is -1.32. The molecule has 5 nitrogen and oxygen atoms in total. The Labute approximate surface area is 138 Å². The van der Waals surface area contributed by atoms with Gasteiger partial charge in [-0.2, -0.15) is 8.78 Å². The van der Waals surface area contributed by atoms with Gasteiger partial charge in [0.2, 0.25) is 0 Å². The van der Waals surface area contributed by atoms with Gasteiger partial charge in [-0.3, -0.25) is 0 Å². The molecular formula is C15H20F3NO4S. The molecule has 0 unspecified atom stereocenters. The van der Waals surface area contributed by atoms with Crippen molar-refractivity contribution in [3.05, 3.63) is 23.3 Å². The molecule has 9 heteroatoms. The van der Waals surface area contributed by atoms with Gasteiger partial charge in [0.1, 0.15) is 6.10 Å². The first kappa shape index (κ1) is 19.0. The molecule has 0 amide bonds. The second kappa shape index (κ2) is 6.20. The summed E-state index contributed by atoms with van der Waals surface area (Å²) in [7, 11) is -3.86. The van der Waals surface area contributed by atoms with Crippen molar-refractivity contribution in [1.29, 1.82) is 0 Å². The Morgan fingerprint density at radius 3 is 2.29 bits per heavy atom. The van der Waals surface area contributed by atoms with Crippen LogP contribution in [0.5, 0.6) is 0 Å². The Kier molecular flexibility index (Phi) is 4.91. The molecule has 1 heterocycles. The smallest absolute Gasteiger partial charge is 0.312 e. The molecule has 0 spiro atoms. The molecule has 0 bridgehead atoms. The number of aliphatic hydroxyl groups is 1. The average molecular weight is 367 g/mol. The Balaban J connectivity index is 0.00000208. The molecule has 24 heavy (non-hydrogen) atoms. The van der Waals surface area contributed by atoms with E-state index in [0.29, 0.717) is 13.1 Å². The summed E-state index contributed by atoms with van der Waals surface area (Å²) in [4.78, 5) is 1.36. The predicted octanol–water partition coefficient (Wildman–Crippen LogP) is 1.95. The van der Waals surface area contributed by atoms with Crippen LogP contribution >= 0.6 is 0 Å². The topological polar surface area (TPSA) is 89.1 Å². The number of alkyl halides is 3. The maximum atomic E-state index is 14.4. The second-order valence-corrected chi connectivity index (χ2v) is 8.15. The van der Waals surface area contributed by atoms with Gasteiger partial charge >= 0.3 is 5.92 Å². The average Bonchev–Trinajstić information content (AvgIpc) is 2.68. The molecule has 2 atom stereocenters. The lowest BCUT2D eigenvalue weighted by atomic mass is 10.0. The molecule has 1 aliphatic heterocycles. The standard InChI is InChI=1S/C15H18F3NO3S.H2O/c1-23(21,22)10-6-5-9(19-7-3-2-4-8-19)11-12(10)14(20)15(17,18)13(11)16;/h5-6,13-14,20H,2-4,7-8H2,1H3;1H2/t13-,14+;/m1./s1. The van der Waals surface area contributed by atoms with Crippen molar-refractivity contribution in [3.8, 4) is 0 Å². The number of aliphatic hydroxyl groups excluding tert-OH is 1. The van der Waals surface area contributed by atoms with E-state index >= 15 is 0 Å². The molecule has 1 aliphatic carbocycles. The van der Waals surface area contributed by atoms with Crippen molar-refractivity contribution in [2.45, 2.75) is 42.4 Å². The summed E-state index contributed by atoms with van der Waals surface area (Å²) in [6.45, 7) is 1.19. The fourth-order valence-electron chi connectivity index (χ4n) is 3.41. The maximum absolute atomic E-state index is 14.4. The highest BCUT2D eigenvalue weighted by molar-refractivity contribution is 7.90. The molecule has 0 saturated carbocycles. The van der Waals surface area contributed by atoms with Gasteiger partial charge in [0.15, 0.2) is 16.0 Å². The van der Waals surface area contributed by atoms with Crippen LogP contribution in [0.25, 0.3) is 0 Å². The summed E-state index contributed by atoms with van der Waals surface area (Å²) in [6.07, 6.45) is -1.58. The highest BCUT2D eigenvalue weighted by atomic mass is 32.2. The molecule has 1 aromatic rings. The molecule has 1 saturated heterocycles. The third-order valence-electron chi connectivity index (χ3n) is 4.55. The molecule has 0 aromatic heterocycles. The largest absolute Gasteiger partial charge is 0.412 e. The summed E-state index contributed by atoms with van der Waals surface area (Å²) < 4.78 is 66.1. The second-order valence-electron chi connectivity index (χ2n) is 6.17. The van der Waals surface area contributed by atoms with E-state index in [9.17, 15) is 26.7 Å². The number of rotatable bonds is 2. The molecule has 0 radical (unpaired) electrons. The third-order valence-corrected chi connectivity index (χ3v) is 5.70. The van der Waals surface area contributed by atoms with Crippen molar-refractivity contribution >= 4 is 15.5 Å². The van der Waals surface area contributed by atoms with Gasteiger partial charge in [-0.25, -0.2) is 12.8 Å². The first-order chi connectivity index (χ1) is 10.7. The quantitative estimate of drug-likeness (QED) is 0.865. The van der Waals surface area contributed by atoms with Crippen molar-refractivity contribution in [1.82, 2.24) is 0 Å². The fourth-order valence-corrected chi connectivity index (χ4v) is 4.35. The zero-order valence-corrected chi connectivity index (χ0v) is 13.9. The molecule has 3 N–H and O–H groups in total. The highest BCUT2D eigenvalue weighted by Crippen LogP contribution is 2.57. The van der Waals surface area contributed by atoms with Crippen LogP contribution in [-0.4, -0.2) is 44.3 Å². The van der Waals surface area contributed by atoms with Crippen LogP contribution in [0.2, 0.25) is 0 Å². The Bertz CT molecular complexity index is 732. The monoisotopic (exact) mass is 367 g/mol. The number of hydrogen-bond donors (Lipinski definition) is 1. The van der Waals surface area contributed by atoms with Gasteiger partial charge in [-0.15, -0.1) is 0 Å². The molecule has 1 fully saturated rings. The van der Waals surface area contributed by atoms with E-state index in [0.717, 1.165) is 25.5 Å². The van der Waals surface area contributed by atoms with Crippen LogP contribution in [0, 0.1) is 0 Å². The van der Waals surface area contributed by atoms with E-state index in [-0.39, 0.29) is 16.7 Å². The summed E-state index contributed by atoms with van der Waals surface area (Å²) in [5.74, 6) is -4.03. The summed E-state index contributed by atoms with van der Waals surface area (Å²) in [5.41, 5.74) is -0.615. The molecule has 1 aromatic carbocycles. The number of anilines is 1. The van der Waals surface area contributed by atoms with Crippen LogP contribution in [-0.2, 0) is 9.84 Å². The van der Waals surface area contributed by atoms with Crippen LogP contribution in [0.15, 0.2) is 17.0 Å². The van der Waals surface area contributed by atoms with E-state index in [1.165, 1.54) is 12.1 Å². The number of hydrogen-bond acceptors (Lipinski definition) is 4. The number of halogens is 3. The van der Waals surface area contributed by atoms with Crippen LogP contribution in [0.1, 0.15) is 42.7 Å². The van der Waals surface area contributed by atoms with E-state index < -0.39 is 38.5 Å². The van der Waals surface area contributed by atoms with E-state index in [1.54, 1.807) is 4.90 Å². The molecule has 2 aliphatic rings. The van der Waals surface area contributed by atoms with Gasteiger partial charge in [-0.05, 0) is 31.4 Å². The zero-order chi connectivity index (χ0) is 17.0. The van der Waals surface area contributed by atoms with Crippen molar-refractivity contribution in [3.63, 3.8) is 0 Å². The SMILES string of the molecule is CS(=O)(=O)c1ccc(N2CCCCC2)c2c1[C@H](O)C(F)(F)[C@@H]2F.O. The van der Waals surface area contributed by atoms with Gasteiger partial charge in [0, 0.05) is 36.2 Å². The molecule has 136 valence electrons. The Morgan fingerprint density at radius 1 is 1.17 bits per heavy atom. The van der Waals surface area contributed by atoms with Crippen molar-refractivity contribution in [2.24, 2.45) is 0 Å². The highest BCUT2D eigenvalue weighted by Gasteiger charge is 2.58. The van der Waals surface area contributed by atoms with Gasteiger partial charge in [-0.1, -0.05) is 0 Å². The minimum Gasteiger partial charge on any atom is -0.412 e. The minimum absolute atomic E-state index is 0. The minimum atomic E-state index is -4.03. The van der Waals surface area contributed by atoms with Crippen molar-refractivity contribution in [2.75, 3.05) is 24.2 Å². The van der Waals surface area contributed by atoms with Gasteiger partial charge < -0.3 is 15.5 Å². The first-order valence-corrected chi connectivity index (χ1v) is 9.36. The summed E-state index contributed by atoms with van der Waals surface area (Å²) in [6, 6.07) is 2.57. The number of benzene rings is 1. The fraction of sp³-hybridized carbons (Fsp3) is 0.600. The predicted molar refractivity (Wildman–Crippen MR) is 83.0 cm³/mol. The third kappa shape index (κ3) is 2.78. The van der Waals surface area contributed by atoms with Crippen LogP contribution in [0.4, 0.5) is 18.9 Å². The first-order valence-electron chi connectivity index (χ1n) is 7.47. The number of fused-ring (bicyclic) bond motifs is 1. The zero-order valence-electron chi connectivity index (χ0n) is 13.1. The lowest BCUT2D eigenvalue weighted by Crippen LogP contribution is -2.31. The molecular weight excluding hydrogens is 347 g/mol. The molecule has 3 rings (SSSR count). The number of sulfone groups is 1. The van der Waals surface area contributed by atoms with Crippen LogP contribution in [0.3, 0.4) is 0 Å². The normalized spacial score (nSPS) is 26.0. The maximum Gasteiger partial charge on any atom is 0.312 e.